The molecule has 0 aliphatic rings. The van der Waals surface area contributed by atoms with Gasteiger partial charge in [-0.15, -0.1) is 6.58 Å². The van der Waals surface area contributed by atoms with Gasteiger partial charge in [0.2, 0.25) is 0 Å². The standard InChI is InChI=1S/C10H10F2O/c1-3-8(13)7-5-4-6(2)9(11)10(7)12/h3-5,8,13H,1H2,2H3. The first-order valence-corrected chi connectivity index (χ1v) is 3.83. The second kappa shape index (κ2) is 3.66. The average molecular weight is 184 g/mol. The van der Waals surface area contributed by atoms with Gasteiger partial charge in [0.25, 0.3) is 0 Å². The first-order valence-electron chi connectivity index (χ1n) is 3.83. The van der Waals surface area contributed by atoms with Crippen LogP contribution in [0.5, 0.6) is 0 Å². The lowest BCUT2D eigenvalue weighted by atomic mass is 10.1. The number of aryl methyl sites for hydroxylation is 1. The summed E-state index contributed by atoms with van der Waals surface area (Å²) in [6.45, 7) is 4.75. The van der Waals surface area contributed by atoms with Crippen LogP contribution in [0.2, 0.25) is 0 Å². The van der Waals surface area contributed by atoms with Gasteiger partial charge in [-0.3, -0.25) is 0 Å². The normalized spacial score (nSPS) is 12.6. The third-order valence-corrected chi connectivity index (χ3v) is 1.85. The van der Waals surface area contributed by atoms with E-state index in [4.69, 9.17) is 0 Å². The summed E-state index contributed by atoms with van der Waals surface area (Å²) < 4.78 is 26.1. The maximum Gasteiger partial charge on any atom is 0.165 e. The number of rotatable bonds is 2. The van der Waals surface area contributed by atoms with Crippen molar-refractivity contribution >= 4 is 0 Å². The van der Waals surface area contributed by atoms with Crippen LogP contribution in [0.4, 0.5) is 8.78 Å². The summed E-state index contributed by atoms with van der Waals surface area (Å²) in [4.78, 5) is 0. The van der Waals surface area contributed by atoms with E-state index >= 15 is 0 Å². The van der Waals surface area contributed by atoms with Gasteiger partial charge in [0, 0.05) is 5.56 Å². The number of halogens is 2. The largest absolute Gasteiger partial charge is 0.384 e. The van der Waals surface area contributed by atoms with Gasteiger partial charge in [0.1, 0.15) is 0 Å². The predicted molar refractivity (Wildman–Crippen MR) is 46.3 cm³/mol. The van der Waals surface area contributed by atoms with Crippen molar-refractivity contribution in [3.63, 3.8) is 0 Å². The van der Waals surface area contributed by atoms with E-state index < -0.39 is 17.7 Å². The van der Waals surface area contributed by atoms with Crippen molar-refractivity contribution in [1.29, 1.82) is 0 Å². The third-order valence-electron chi connectivity index (χ3n) is 1.85. The molecule has 1 N–H and O–H groups in total. The van der Waals surface area contributed by atoms with Gasteiger partial charge >= 0.3 is 0 Å². The van der Waals surface area contributed by atoms with Crippen molar-refractivity contribution in [2.45, 2.75) is 13.0 Å². The van der Waals surface area contributed by atoms with E-state index in [-0.39, 0.29) is 11.1 Å². The number of benzene rings is 1. The molecule has 0 spiro atoms. The van der Waals surface area contributed by atoms with E-state index in [9.17, 15) is 13.9 Å². The van der Waals surface area contributed by atoms with E-state index in [0.29, 0.717) is 0 Å². The molecule has 0 saturated heterocycles. The molecule has 1 aromatic rings. The molecule has 13 heavy (non-hydrogen) atoms. The Morgan fingerprint density at radius 1 is 1.38 bits per heavy atom. The van der Waals surface area contributed by atoms with Crippen LogP contribution in [-0.2, 0) is 0 Å². The summed E-state index contributed by atoms with van der Waals surface area (Å²) >= 11 is 0. The number of aliphatic hydroxyl groups is 1. The van der Waals surface area contributed by atoms with Gasteiger partial charge < -0.3 is 5.11 Å². The third kappa shape index (κ3) is 1.75. The molecular weight excluding hydrogens is 174 g/mol. The van der Waals surface area contributed by atoms with E-state index in [1.54, 1.807) is 0 Å². The Labute approximate surface area is 75.3 Å². The molecule has 0 aromatic heterocycles. The topological polar surface area (TPSA) is 20.2 Å². The SMILES string of the molecule is C=CC(O)c1ccc(C)c(F)c1F. The minimum atomic E-state index is -1.16. The Balaban J connectivity index is 3.25. The van der Waals surface area contributed by atoms with Gasteiger partial charge in [-0.05, 0) is 12.5 Å². The van der Waals surface area contributed by atoms with Crippen molar-refractivity contribution in [3.8, 4) is 0 Å². The second-order valence-electron chi connectivity index (χ2n) is 2.78. The molecule has 1 aromatic carbocycles. The lowest BCUT2D eigenvalue weighted by Gasteiger charge is -2.08. The summed E-state index contributed by atoms with van der Waals surface area (Å²) in [5.74, 6) is -1.93. The monoisotopic (exact) mass is 184 g/mol. The summed E-state index contributed by atoms with van der Waals surface area (Å²) in [6.07, 6.45) is -0.0113. The van der Waals surface area contributed by atoms with Crippen molar-refractivity contribution in [1.82, 2.24) is 0 Å². The lowest BCUT2D eigenvalue weighted by Crippen LogP contribution is -2.01. The molecule has 0 aliphatic heterocycles. The smallest absolute Gasteiger partial charge is 0.165 e. The molecule has 0 amide bonds. The Hall–Kier alpha value is -1.22. The number of hydrogen-bond acceptors (Lipinski definition) is 1. The average Bonchev–Trinajstić information content (AvgIpc) is 2.13. The fourth-order valence-electron chi connectivity index (χ4n) is 1.02. The summed E-state index contributed by atoms with van der Waals surface area (Å²) in [5, 5.41) is 9.20. The first-order chi connectivity index (χ1) is 6.07. The second-order valence-corrected chi connectivity index (χ2v) is 2.78. The Kier molecular flexibility index (Phi) is 2.78. The summed E-state index contributed by atoms with van der Waals surface area (Å²) in [6, 6.07) is 2.76. The zero-order valence-corrected chi connectivity index (χ0v) is 7.22. The molecule has 1 unspecified atom stereocenters. The molecule has 0 aliphatic carbocycles. The quantitative estimate of drug-likeness (QED) is 0.700. The lowest BCUT2D eigenvalue weighted by molar-refractivity contribution is 0.222. The minimum Gasteiger partial charge on any atom is -0.384 e. The molecule has 0 bridgehead atoms. The maximum absolute atomic E-state index is 13.1. The van der Waals surface area contributed by atoms with Crippen LogP contribution in [0, 0.1) is 18.6 Å². The molecule has 1 atom stereocenters. The highest BCUT2D eigenvalue weighted by Gasteiger charge is 2.14. The van der Waals surface area contributed by atoms with Gasteiger partial charge in [-0.25, -0.2) is 8.78 Å². The van der Waals surface area contributed by atoms with Crippen LogP contribution in [0.25, 0.3) is 0 Å². The van der Waals surface area contributed by atoms with Crippen LogP contribution >= 0.6 is 0 Å². The van der Waals surface area contributed by atoms with Crippen molar-refractivity contribution < 1.29 is 13.9 Å². The molecule has 0 heterocycles. The predicted octanol–water partition coefficient (Wildman–Crippen LogP) is 2.49. The van der Waals surface area contributed by atoms with Gasteiger partial charge in [-0.2, -0.15) is 0 Å². The molecule has 0 fully saturated rings. The van der Waals surface area contributed by atoms with Crippen LogP contribution in [-0.4, -0.2) is 5.11 Å². The molecule has 70 valence electrons. The Bertz CT molecular complexity index is 334. The fraction of sp³-hybridized carbons (Fsp3) is 0.200. The zero-order valence-electron chi connectivity index (χ0n) is 7.22. The van der Waals surface area contributed by atoms with E-state index in [2.05, 4.69) is 6.58 Å². The highest BCUT2D eigenvalue weighted by Crippen LogP contribution is 2.21. The molecule has 0 saturated carbocycles. The molecule has 1 rings (SSSR count). The molecule has 1 nitrogen and oxygen atoms in total. The fourth-order valence-corrected chi connectivity index (χ4v) is 1.02. The molecular formula is C10H10F2O. The zero-order chi connectivity index (χ0) is 10.0. The summed E-state index contributed by atoms with van der Waals surface area (Å²) in [5.41, 5.74) is 0.135. The Morgan fingerprint density at radius 3 is 2.54 bits per heavy atom. The van der Waals surface area contributed by atoms with Gasteiger partial charge in [0.05, 0.1) is 6.10 Å². The first kappa shape index (κ1) is 9.86. The van der Waals surface area contributed by atoms with E-state index in [1.165, 1.54) is 19.1 Å². The Morgan fingerprint density at radius 2 is 2.00 bits per heavy atom. The summed E-state index contributed by atoms with van der Waals surface area (Å²) in [7, 11) is 0. The maximum atomic E-state index is 13.1. The van der Waals surface area contributed by atoms with Crippen LogP contribution in [0.1, 0.15) is 17.2 Å². The van der Waals surface area contributed by atoms with E-state index in [1.807, 2.05) is 0 Å². The van der Waals surface area contributed by atoms with Crippen LogP contribution in [0.15, 0.2) is 24.8 Å². The van der Waals surface area contributed by atoms with Crippen molar-refractivity contribution in [3.05, 3.63) is 47.5 Å². The van der Waals surface area contributed by atoms with Crippen molar-refractivity contribution in [2.24, 2.45) is 0 Å². The minimum absolute atomic E-state index is 0.0851. The van der Waals surface area contributed by atoms with Crippen LogP contribution in [0.3, 0.4) is 0 Å². The van der Waals surface area contributed by atoms with Crippen LogP contribution < -0.4 is 0 Å². The van der Waals surface area contributed by atoms with Crippen molar-refractivity contribution in [2.75, 3.05) is 0 Å². The molecule has 0 radical (unpaired) electrons. The molecule has 3 heteroatoms. The number of hydrogen-bond donors (Lipinski definition) is 1. The number of aliphatic hydroxyl groups excluding tert-OH is 1. The van der Waals surface area contributed by atoms with Gasteiger partial charge in [0.15, 0.2) is 11.6 Å². The highest BCUT2D eigenvalue weighted by molar-refractivity contribution is 5.28. The van der Waals surface area contributed by atoms with E-state index in [0.717, 1.165) is 6.08 Å². The van der Waals surface area contributed by atoms with Gasteiger partial charge in [-0.1, -0.05) is 18.2 Å². The highest BCUT2D eigenvalue weighted by atomic mass is 19.2.